The second kappa shape index (κ2) is 6.78. The van der Waals surface area contributed by atoms with E-state index in [-0.39, 0.29) is 6.04 Å². The Morgan fingerprint density at radius 1 is 1.35 bits per heavy atom. The molecule has 0 aliphatic heterocycles. The van der Waals surface area contributed by atoms with Gasteiger partial charge in [0.15, 0.2) is 11.6 Å². The van der Waals surface area contributed by atoms with Gasteiger partial charge in [0.25, 0.3) is 0 Å². The third-order valence-electron chi connectivity index (χ3n) is 3.13. The lowest BCUT2D eigenvalue weighted by Gasteiger charge is -2.17. The first kappa shape index (κ1) is 15.6. The van der Waals surface area contributed by atoms with Gasteiger partial charge < -0.3 is 5.32 Å². The average Bonchev–Trinajstić information content (AvgIpc) is 2.74. The SMILES string of the molecule is CCNC(Cc1cccc(F)c1F)c1cc(Br)c(C)s1. The van der Waals surface area contributed by atoms with Crippen molar-refractivity contribution in [2.75, 3.05) is 6.54 Å². The fraction of sp³-hybridized carbons (Fsp3) is 0.333. The molecule has 0 saturated heterocycles. The fourth-order valence-electron chi connectivity index (χ4n) is 2.10. The first-order valence-corrected chi connectivity index (χ1v) is 8.06. The molecule has 0 aliphatic carbocycles. The number of hydrogen-bond acceptors (Lipinski definition) is 2. The van der Waals surface area contributed by atoms with Crippen LogP contribution in [0.4, 0.5) is 8.78 Å². The van der Waals surface area contributed by atoms with Crippen molar-refractivity contribution < 1.29 is 8.78 Å². The van der Waals surface area contributed by atoms with Gasteiger partial charge >= 0.3 is 0 Å². The maximum Gasteiger partial charge on any atom is 0.162 e. The van der Waals surface area contributed by atoms with Crippen LogP contribution in [0.15, 0.2) is 28.7 Å². The van der Waals surface area contributed by atoms with E-state index in [2.05, 4.69) is 21.2 Å². The summed E-state index contributed by atoms with van der Waals surface area (Å²) in [5.41, 5.74) is 0.401. The lowest BCUT2D eigenvalue weighted by molar-refractivity contribution is 0.483. The molecule has 0 spiro atoms. The second-order valence-corrected chi connectivity index (χ2v) is 6.72. The van der Waals surface area contributed by atoms with Crippen LogP contribution in [0.2, 0.25) is 0 Å². The van der Waals surface area contributed by atoms with Gasteiger partial charge in [0.05, 0.1) is 0 Å². The van der Waals surface area contributed by atoms with Crippen molar-refractivity contribution in [3.05, 3.63) is 55.7 Å². The number of aryl methyl sites for hydroxylation is 1. The highest BCUT2D eigenvalue weighted by Crippen LogP contribution is 2.32. The lowest BCUT2D eigenvalue weighted by atomic mass is 10.0. The Balaban J connectivity index is 2.27. The molecule has 108 valence electrons. The molecule has 1 heterocycles. The quantitative estimate of drug-likeness (QED) is 0.792. The molecule has 5 heteroatoms. The molecule has 1 aromatic heterocycles. The topological polar surface area (TPSA) is 12.0 Å². The Morgan fingerprint density at radius 3 is 2.70 bits per heavy atom. The van der Waals surface area contributed by atoms with Gasteiger partial charge in [-0.15, -0.1) is 11.3 Å². The summed E-state index contributed by atoms with van der Waals surface area (Å²) in [7, 11) is 0. The third-order valence-corrected chi connectivity index (χ3v) is 5.38. The molecule has 0 aliphatic rings. The van der Waals surface area contributed by atoms with Crippen LogP contribution in [0.25, 0.3) is 0 Å². The van der Waals surface area contributed by atoms with E-state index < -0.39 is 11.6 Å². The first-order chi connectivity index (χ1) is 9.52. The molecule has 1 nitrogen and oxygen atoms in total. The van der Waals surface area contributed by atoms with E-state index in [9.17, 15) is 8.78 Å². The molecule has 1 N–H and O–H groups in total. The van der Waals surface area contributed by atoms with E-state index in [1.54, 1.807) is 23.5 Å². The molecular formula is C15H16BrF2NS. The van der Waals surface area contributed by atoms with E-state index in [1.165, 1.54) is 4.88 Å². The highest BCUT2D eigenvalue weighted by molar-refractivity contribution is 9.10. The number of benzene rings is 1. The number of rotatable bonds is 5. The fourth-order valence-corrected chi connectivity index (χ4v) is 3.74. The normalized spacial score (nSPS) is 12.7. The van der Waals surface area contributed by atoms with Crippen LogP contribution in [-0.2, 0) is 6.42 Å². The maximum absolute atomic E-state index is 13.8. The van der Waals surface area contributed by atoms with E-state index >= 15 is 0 Å². The Labute approximate surface area is 130 Å². The Hall–Kier alpha value is -0.780. The smallest absolute Gasteiger partial charge is 0.162 e. The Morgan fingerprint density at radius 2 is 2.10 bits per heavy atom. The number of nitrogens with one attached hydrogen (secondary N) is 1. The van der Waals surface area contributed by atoms with Crippen LogP contribution in [-0.4, -0.2) is 6.54 Å². The van der Waals surface area contributed by atoms with Gasteiger partial charge in [0, 0.05) is 20.3 Å². The van der Waals surface area contributed by atoms with Gasteiger partial charge in [-0.2, -0.15) is 0 Å². The van der Waals surface area contributed by atoms with Crippen molar-refractivity contribution in [3.8, 4) is 0 Å². The van der Waals surface area contributed by atoms with Gasteiger partial charge in [-0.3, -0.25) is 0 Å². The third kappa shape index (κ3) is 3.45. The average molecular weight is 360 g/mol. The summed E-state index contributed by atoms with van der Waals surface area (Å²) in [4.78, 5) is 2.31. The van der Waals surface area contributed by atoms with Crippen LogP contribution in [0.3, 0.4) is 0 Å². The van der Waals surface area contributed by atoms with Crippen LogP contribution in [0.1, 0.15) is 28.3 Å². The summed E-state index contributed by atoms with van der Waals surface area (Å²) in [5.74, 6) is -1.54. The molecule has 0 amide bonds. The van der Waals surface area contributed by atoms with Crippen molar-refractivity contribution in [1.29, 1.82) is 0 Å². The Kier molecular flexibility index (Phi) is 5.29. The van der Waals surface area contributed by atoms with Crippen LogP contribution < -0.4 is 5.32 Å². The molecule has 0 fully saturated rings. The minimum Gasteiger partial charge on any atom is -0.309 e. The van der Waals surface area contributed by atoms with Gasteiger partial charge in [-0.1, -0.05) is 19.1 Å². The predicted molar refractivity (Wildman–Crippen MR) is 83.2 cm³/mol. The van der Waals surface area contributed by atoms with Crippen LogP contribution in [0, 0.1) is 18.6 Å². The predicted octanol–water partition coefficient (Wildman–Crippen LogP) is 4.99. The Bertz CT molecular complexity index is 578. The minimum atomic E-state index is -0.790. The number of halogens is 3. The van der Waals surface area contributed by atoms with E-state index in [0.29, 0.717) is 12.0 Å². The summed E-state index contributed by atoms with van der Waals surface area (Å²) in [6.07, 6.45) is 0.434. The molecule has 0 bridgehead atoms. The van der Waals surface area contributed by atoms with E-state index in [4.69, 9.17) is 0 Å². The maximum atomic E-state index is 13.8. The minimum absolute atomic E-state index is 0.00806. The van der Waals surface area contributed by atoms with Crippen molar-refractivity contribution >= 4 is 27.3 Å². The molecule has 1 atom stereocenters. The summed E-state index contributed by atoms with van der Waals surface area (Å²) < 4.78 is 28.1. The van der Waals surface area contributed by atoms with Crippen molar-refractivity contribution in [2.24, 2.45) is 0 Å². The second-order valence-electron chi connectivity index (χ2n) is 4.58. The van der Waals surface area contributed by atoms with Crippen molar-refractivity contribution in [3.63, 3.8) is 0 Å². The van der Waals surface area contributed by atoms with E-state index in [1.807, 2.05) is 19.9 Å². The molecule has 1 unspecified atom stereocenters. The lowest BCUT2D eigenvalue weighted by Crippen LogP contribution is -2.22. The van der Waals surface area contributed by atoms with Gasteiger partial charge in [0.2, 0.25) is 0 Å². The number of thiophene rings is 1. The number of likely N-dealkylation sites (N-methyl/N-ethyl adjacent to an activating group) is 1. The summed E-state index contributed by atoms with van der Waals surface area (Å²) >= 11 is 5.16. The summed E-state index contributed by atoms with van der Waals surface area (Å²) in [6, 6.07) is 6.37. The zero-order valence-corrected chi connectivity index (χ0v) is 13.7. The molecular weight excluding hydrogens is 344 g/mol. The zero-order chi connectivity index (χ0) is 14.7. The van der Waals surface area contributed by atoms with E-state index in [0.717, 1.165) is 22.0 Å². The van der Waals surface area contributed by atoms with Crippen molar-refractivity contribution in [1.82, 2.24) is 5.32 Å². The van der Waals surface area contributed by atoms with Crippen LogP contribution >= 0.6 is 27.3 Å². The molecule has 0 radical (unpaired) electrons. The standard InChI is InChI=1S/C15H16BrF2NS/c1-3-19-13(14-8-11(16)9(2)20-14)7-10-5-4-6-12(17)15(10)18/h4-6,8,13,19H,3,7H2,1-2H3. The van der Waals surface area contributed by atoms with Crippen LogP contribution in [0.5, 0.6) is 0 Å². The largest absolute Gasteiger partial charge is 0.309 e. The molecule has 0 saturated carbocycles. The molecule has 2 rings (SSSR count). The summed E-state index contributed by atoms with van der Waals surface area (Å²) in [6.45, 7) is 4.81. The zero-order valence-electron chi connectivity index (χ0n) is 11.3. The first-order valence-electron chi connectivity index (χ1n) is 6.45. The van der Waals surface area contributed by atoms with Crippen molar-refractivity contribution in [2.45, 2.75) is 26.3 Å². The number of hydrogen-bond donors (Lipinski definition) is 1. The van der Waals surface area contributed by atoms with Gasteiger partial charge in [-0.05, 0) is 53.5 Å². The monoisotopic (exact) mass is 359 g/mol. The molecule has 20 heavy (non-hydrogen) atoms. The van der Waals surface area contributed by atoms with Gasteiger partial charge in [-0.25, -0.2) is 8.78 Å². The highest BCUT2D eigenvalue weighted by Gasteiger charge is 2.18. The van der Waals surface area contributed by atoms with Gasteiger partial charge in [0.1, 0.15) is 0 Å². The molecule has 2 aromatic rings. The summed E-state index contributed by atoms with van der Waals surface area (Å²) in [5, 5.41) is 3.34. The molecule has 1 aromatic carbocycles. The highest BCUT2D eigenvalue weighted by atomic mass is 79.9.